The van der Waals surface area contributed by atoms with Crippen molar-refractivity contribution in [2.45, 2.75) is 18.9 Å². The lowest BCUT2D eigenvalue weighted by Crippen LogP contribution is -2.50. The molecular formula is C22H25N5O2. The highest BCUT2D eigenvalue weighted by Crippen LogP contribution is 2.21. The number of carbonyl (C=O) groups excluding carboxylic acids is 1. The zero-order valence-corrected chi connectivity index (χ0v) is 16.4. The number of pyridine rings is 1. The number of likely N-dealkylation sites (tertiary alicyclic amines) is 1. The van der Waals surface area contributed by atoms with Crippen molar-refractivity contribution >= 4 is 17.1 Å². The molecule has 0 spiro atoms. The van der Waals surface area contributed by atoms with E-state index in [1.807, 2.05) is 45.9 Å². The normalized spacial score (nSPS) is 19.0. The standard InChI is InChI=1S/C22H25N5O2/c28-22(26-8-6-18(7-9-26)25-10-12-29-13-11-25)17-14-20-21(23-15-17)27(16-24-20)19-4-2-1-3-5-19/h1-5,14-16,18H,6-13H2. The summed E-state index contributed by atoms with van der Waals surface area (Å²) in [5, 5.41) is 0. The van der Waals surface area contributed by atoms with Gasteiger partial charge in [0.25, 0.3) is 5.91 Å². The van der Waals surface area contributed by atoms with Crippen molar-refractivity contribution in [3.8, 4) is 5.69 Å². The van der Waals surface area contributed by atoms with Gasteiger partial charge in [-0.25, -0.2) is 9.97 Å². The van der Waals surface area contributed by atoms with Crippen LogP contribution >= 0.6 is 0 Å². The van der Waals surface area contributed by atoms with Crippen LogP contribution in [0.1, 0.15) is 23.2 Å². The van der Waals surface area contributed by atoms with E-state index >= 15 is 0 Å². The fourth-order valence-corrected chi connectivity index (χ4v) is 4.35. The predicted molar refractivity (Wildman–Crippen MR) is 110 cm³/mol. The van der Waals surface area contributed by atoms with E-state index in [4.69, 9.17) is 4.74 Å². The maximum Gasteiger partial charge on any atom is 0.255 e. The second kappa shape index (κ2) is 7.93. The summed E-state index contributed by atoms with van der Waals surface area (Å²) in [6, 6.07) is 12.4. The molecule has 2 saturated heterocycles. The molecule has 1 amide bonds. The summed E-state index contributed by atoms with van der Waals surface area (Å²) in [5.41, 5.74) is 3.12. The first-order chi connectivity index (χ1) is 14.3. The molecule has 0 unspecified atom stereocenters. The Kier molecular flexibility index (Phi) is 4.99. The van der Waals surface area contributed by atoms with Crippen LogP contribution in [0.4, 0.5) is 0 Å². The lowest BCUT2D eigenvalue weighted by Gasteiger charge is -2.40. The number of amides is 1. The maximum atomic E-state index is 13.0. The van der Waals surface area contributed by atoms with Crippen LogP contribution in [0.25, 0.3) is 16.9 Å². The van der Waals surface area contributed by atoms with Crippen LogP contribution in [0.5, 0.6) is 0 Å². The minimum atomic E-state index is 0.0501. The Hall–Kier alpha value is -2.77. The number of para-hydroxylation sites is 1. The number of nitrogens with zero attached hydrogens (tertiary/aromatic N) is 5. The molecule has 2 aromatic heterocycles. The van der Waals surface area contributed by atoms with Crippen molar-refractivity contribution in [2.75, 3.05) is 39.4 Å². The van der Waals surface area contributed by atoms with Gasteiger partial charge in [-0.05, 0) is 31.0 Å². The number of aromatic nitrogens is 3. The van der Waals surface area contributed by atoms with E-state index < -0.39 is 0 Å². The molecule has 3 aromatic rings. The molecule has 5 rings (SSSR count). The van der Waals surface area contributed by atoms with Gasteiger partial charge in [0.1, 0.15) is 11.8 Å². The zero-order chi connectivity index (χ0) is 19.6. The molecule has 2 aliphatic rings. The molecule has 7 nitrogen and oxygen atoms in total. The van der Waals surface area contributed by atoms with Crippen molar-refractivity contribution in [3.63, 3.8) is 0 Å². The van der Waals surface area contributed by atoms with Crippen LogP contribution in [-0.4, -0.2) is 75.7 Å². The summed E-state index contributed by atoms with van der Waals surface area (Å²) in [7, 11) is 0. The summed E-state index contributed by atoms with van der Waals surface area (Å²) < 4.78 is 7.39. The van der Waals surface area contributed by atoms with E-state index in [-0.39, 0.29) is 5.91 Å². The lowest BCUT2D eigenvalue weighted by molar-refractivity contribution is 0.00158. The molecule has 1 aromatic carbocycles. The van der Waals surface area contributed by atoms with Crippen LogP contribution in [-0.2, 0) is 4.74 Å². The Morgan fingerprint density at radius 3 is 2.52 bits per heavy atom. The first kappa shape index (κ1) is 18.3. The molecular weight excluding hydrogens is 366 g/mol. The highest BCUT2D eigenvalue weighted by atomic mass is 16.5. The third-order valence-corrected chi connectivity index (χ3v) is 5.98. The highest BCUT2D eigenvalue weighted by molar-refractivity contribution is 5.96. The van der Waals surface area contributed by atoms with E-state index in [0.717, 1.165) is 69.1 Å². The van der Waals surface area contributed by atoms with Gasteiger partial charge in [-0.2, -0.15) is 0 Å². The van der Waals surface area contributed by atoms with Gasteiger partial charge in [-0.15, -0.1) is 0 Å². The molecule has 7 heteroatoms. The predicted octanol–water partition coefficient (Wildman–Crippen LogP) is 2.36. The van der Waals surface area contributed by atoms with Crippen molar-refractivity contribution in [1.29, 1.82) is 0 Å². The number of morpholine rings is 1. The lowest BCUT2D eigenvalue weighted by atomic mass is 10.0. The molecule has 2 fully saturated rings. The molecule has 0 aliphatic carbocycles. The van der Waals surface area contributed by atoms with Gasteiger partial charge in [0.2, 0.25) is 0 Å². The molecule has 0 atom stereocenters. The quantitative estimate of drug-likeness (QED) is 0.686. The monoisotopic (exact) mass is 391 g/mol. The molecule has 0 N–H and O–H groups in total. The summed E-state index contributed by atoms with van der Waals surface area (Å²) in [6.45, 7) is 5.22. The second-order valence-corrected chi connectivity index (χ2v) is 7.69. The molecule has 2 aliphatic heterocycles. The third kappa shape index (κ3) is 3.63. The second-order valence-electron chi connectivity index (χ2n) is 7.69. The van der Waals surface area contributed by atoms with E-state index in [2.05, 4.69) is 14.9 Å². The summed E-state index contributed by atoms with van der Waals surface area (Å²) in [5.74, 6) is 0.0501. The molecule has 29 heavy (non-hydrogen) atoms. The first-order valence-corrected chi connectivity index (χ1v) is 10.3. The molecule has 150 valence electrons. The van der Waals surface area contributed by atoms with Crippen molar-refractivity contribution in [1.82, 2.24) is 24.3 Å². The number of imidazole rings is 1. The van der Waals surface area contributed by atoms with Crippen LogP contribution in [0.2, 0.25) is 0 Å². The third-order valence-electron chi connectivity index (χ3n) is 5.98. The fourth-order valence-electron chi connectivity index (χ4n) is 4.35. The topological polar surface area (TPSA) is 63.5 Å². The summed E-state index contributed by atoms with van der Waals surface area (Å²) in [4.78, 5) is 26.5. The largest absolute Gasteiger partial charge is 0.379 e. The number of fused-ring (bicyclic) bond motifs is 1. The van der Waals surface area contributed by atoms with Crippen molar-refractivity contribution in [3.05, 3.63) is 54.5 Å². The van der Waals surface area contributed by atoms with Gasteiger partial charge in [0.15, 0.2) is 5.65 Å². The fraction of sp³-hybridized carbons (Fsp3) is 0.409. The van der Waals surface area contributed by atoms with Crippen LogP contribution in [0.3, 0.4) is 0 Å². The highest BCUT2D eigenvalue weighted by Gasteiger charge is 2.28. The Morgan fingerprint density at radius 1 is 1.00 bits per heavy atom. The van der Waals surface area contributed by atoms with Gasteiger partial charge in [0, 0.05) is 44.1 Å². The Morgan fingerprint density at radius 2 is 1.76 bits per heavy atom. The summed E-state index contributed by atoms with van der Waals surface area (Å²) >= 11 is 0. The van der Waals surface area contributed by atoms with Gasteiger partial charge >= 0.3 is 0 Å². The average Bonchev–Trinajstić information content (AvgIpc) is 3.23. The number of piperidine rings is 1. The molecule has 0 bridgehead atoms. The smallest absolute Gasteiger partial charge is 0.255 e. The van der Waals surface area contributed by atoms with Crippen LogP contribution in [0, 0.1) is 0 Å². The number of rotatable bonds is 3. The van der Waals surface area contributed by atoms with Crippen molar-refractivity contribution < 1.29 is 9.53 Å². The van der Waals surface area contributed by atoms with Gasteiger partial charge < -0.3 is 9.64 Å². The van der Waals surface area contributed by atoms with Gasteiger partial charge in [0.05, 0.1) is 18.8 Å². The molecule has 0 radical (unpaired) electrons. The number of benzene rings is 1. The van der Waals surface area contributed by atoms with E-state index in [1.165, 1.54) is 0 Å². The number of carbonyl (C=O) groups is 1. The Bertz CT molecular complexity index is 989. The first-order valence-electron chi connectivity index (χ1n) is 10.3. The zero-order valence-electron chi connectivity index (χ0n) is 16.4. The number of hydrogen-bond acceptors (Lipinski definition) is 5. The molecule has 0 saturated carbocycles. The van der Waals surface area contributed by atoms with E-state index in [1.54, 1.807) is 12.5 Å². The van der Waals surface area contributed by atoms with E-state index in [0.29, 0.717) is 11.6 Å². The minimum Gasteiger partial charge on any atom is -0.379 e. The number of ether oxygens (including phenoxy) is 1. The average molecular weight is 391 g/mol. The van der Waals surface area contributed by atoms with Crippen molar-refractivity contribution in [2.24, 2.45) is 0 Å². The van der Waals surface area contributed by atoms with Crippen LogP contribution < -0.4 is 0 Å². The number of hydrogen-bond donors (Lipinski definition) is 0. The maximum absolute atomic E-state index is 13.0. The summed E-state index contributed by atoms with van der Waals surface area (Å²) in [6.07, 6.45) is 5.48. The van der Waals surface area contributed by atoms with Crippen LogP contribution in [0.15, 0.2) is 48.9 Å². The van der Waals surface area contributed by atoms with Gasteiger partial charge in [-0.1, -0.05) is 18.2 Å². The Labute approximate surface area is 169 Å². The Balaban J connectivity index is 1.29. The molecule has 4 heterocycles. The van der Waals surface area contributed by atoms with E-state index in [9.17, 15) is 4.79 Å². The van der Waals surface area contributed by atoms with Gasteiger partial charge in [-0.3, -0.25) is 14.3 Å². The minimum absolute atomic E-state index is 0.0501. The SMILES string of the molecule is O=C(c1cnc2c(c1)ncn2-c1ccccc1)N1CCC(N2CCOCC2)CC1.